The predicted octanol–water partition coefficient (Wildman–Crippen LogP) is 1.20. The molecule has 0 aliphatic carbocycles. The summed E-state index contributed by atoms with van der Waals surface area (Å²) in [5.41, 5.74) is 1.09. The van der Waals surface area contributed by atoms with Crippen LogP contribution in [0.2, 0.25) is 0 Å². The van der Waals surface area contributed by atoms with Gasteiger partial charge < -0.3 is 15.3 Å². The number of likely N-dealkylation sites (tertiary alicyclic amines) is 1. The molecule has 3 aliphatic heterocycles. The zero-order valence-corrected chi connectivity index (χ0v) is 17.7. The quantitative estimate of drug-likeness (QED) is 0.716. The summed E-state index contributed by atoms with van der Waals surface area (Å²) in [6, 6.07) is 3.30. The maximum absolute atomic E-state index is 11.5. The van der Waals surface area contributed by atoms with Crippen LogP contribution in [0.4, 0.5) is 0 Å². The third kappa shape index (κ3) is 5.57. The van der Waals surface area contributed by atoms with E-state index in [9.17, 15) is 4.79 Å². The average molecular weight is 406 g/mol. The Morgan fingerprint density at radius 1 is 1.31 bits per heavy atom. The Morgan fingerprint density at radius 3 is 2.76 bits per heavy atom. The molecule has 8 nitrogen and oxygen atoms in total. The molecule has 8 heteroatoms. The van der Waals surface area contributed by atoms with Crippen molar-refractivity contribution in [1.82, 2.24) is 24.9 Å². The van der Waals surface area contributed by atoms with Gasteiger partial charge >= 0.3 is 0 Å². The van der Waals surface area contributed by atoms with E-state index < -0.39 is 0 Å². The minimum Gasteiger partial charge on any atom is -0.483 e. The number of carboxylic acid groups (broad SMARTS) is 1. The highest BCUT2D eigenvalue weighted by atomic mass is 16.3. The summed E-state index contributed by atoms with van der Waals surface area (Å²) < 4.78 is 2.07. The number of carbonyl (C=O) groups is 2. The van der Waals surface area contributed by atoms with Crippen molar-refractivity contribution >= 4 is 12.4 Å². The molecule has 29 heavy (non-hydrogen) atoms. The summed E-state index contributed by atoms with van der Waals surface area (Å²) in [5, 5.41) is 14.5. The number of fused-ring (bicyclic) bond motifs is 4. The summed E-state index contributed by atoms with van der Waals surface area (Å²) >= 11 is 0. The second kappa shape index (κ2) is 10.2. The van der Waals surface area contributed by atoms with E-state index in [-0.39, 0.29) is 12.4 Å². The van der Waals surface area contributed by atoms with E-state index in [1.165, 1.54) is 38.8 Å². The molecular formula is C21H35N5O3. The van der Waals surface area contributed by atoms with E-state index >= 15 is 0 Å². The molecular weight excluding hydrogens is 370 g/mol. The summed E-state index contributed by atoms with van der Waals surface area (Å²) in [5.74, 6) is 1.57. The van der Waals surface area contributed by atoms with E-state index in [1.54, 1.807) is 6.92 Å². The maximum atomic E-state index is 11.5. The smallest absolute Gasteiger partial charge is 0.290 e. The van der Waals surface area contributed by atoms with Crippen LogP contribution in [0.25, 0.3) is 0 Å². The number of nitrogens with zero attached hydrogens (tertiary/aromatic N) is 4. The molecule has 1 amide bonds. The first-order chi connectivity index (χ1) is 14.0. The van der Waals surface area contributed by atoms with Crippen molar-refractivity contribution < 1.29 is 14.7 Å². The van der Waals surface area contributed by atoms with Gasteiger partial charge in [-0.15, -0.1) is 0 Å². The van der Waals surface area contributed by atoms with E-state index in [4.69, 9.17) is 9.90 Å². The van der Waals surface area contributed by atoms with Crippen molar-refractivity contribution in [3.05, 3.63) is 18.0 Å². The number of hydrogen-bond acceptors (Lipinski definition) is 5. The zero-order chi connectivity index (χ0) is 20.8. The Labute approximate surface area is 173 Å². The molecule has 0 saturated carbocycles. The Morgan fingerprint density at radius 2 is 2.07 bits per heavy atom. The van der Waals surface area contributed by atoms with Crippen LogP contribution in [0.15, 0.2) is 12.3 Å². The Balaban J connectivity index is 0.000000755. The number of aryl methyl sites for hydroxylation is 1. The van der Waals surface area contributed by atoms with Gasteiger partial charge in [0.2, 0.25) is 5.91 Å². The van der Waals surface area contributed by atoms with Crippen LogP contribution < -0.4 is 5.32 Å². The van der Waals surface area contributed by atoms with E-state index in [0.717, 1.165) is 37.8 Å². The number of nitrogens with one attached hydrogen (secondary N) is 1. The number of carbonyl (C=O) groups excluding carboxylic acids is 1. The molecule has 2 bridgehead atoms. The van der Waals surface area contributed by atoms with Crippen LogP contribution in [0.5, 0.6) is 0 Å². The first kappa shape index (κ1) is 21.8. The van der Waals surface area contributed by atoms with Crippen molar-refractivity contribution in [2.75, 3.05) is 32.7 Å². The molecule has 3 fully saturated rings. The van der Waals surface area contributed by atoms with Crippen LogP contribution in [0, 0.1) is 18.8 Å². The number of piperidine rings is 3. The normalized spacial score (nSPS) is 29.3. The second-order valence-corrected chi connectivity index (χ2v) is 8.65. The van der Waals surface area contributed by atoms with Crippen LogP contribution >= 0.6 is 0 Å². The van der Waals surface area contributed by atoms with Gasteiger partial charge in [0.15, 0.2) is 0 Å². The molecule has 4 rings (SSSR count). The molecule has 0 unspecified atom stereocenters. The van der Waals surface area contributed by atoms with Gasteiger partial charge in [0.05, 0.1) is 12.2 Å². The van der Waals surface area contributed by atoms with E-state index in [1.807, 2.05) is 6.92 Å². The molecule has 3 aliphatic rings. The van der Waals surface area contributed by atoms with E-state index in [0.29, 0.717) is 18.0 Å². The Kier molecular flexibility index (Phi) is 7.66. The van der Waals surface area contributed by atoms with Crippen molar-refractivity contribution in [2.24, 2.45) is 11.8 Å². The summed E-state index contributed by atoms with van der Waals surface area (Å²) in [4.78, 5) is 25.3. The third-order valence-electron chi connectivity index (χ3n) is 6.68. The first-order valence-corrected chi connectivity index (χ1v) is 10.8. The summed E-state index contributed by atoms with van der Waals surface area (Å²) in [6.07, 6.45) is 7.43. The van der Waals surface area contributed by atoms with Gasteiger partial charge in [0.1, 0.15) is 0 Å². The standard InChI is InChI=1S/C20H33N5O.CH2O2/c1-15-6-8-24(22-15)10-9-23-13-17-11-18(14-23)20(12-21-16(2)26)25-7-4-3-5-19(17)25;2-1-3/h6,8,17-20H,3-5,7,9-14H2,1-2H3,(H,21,26);1H,(H,2,3)/t17-,18+,19+,20+;/m1./s1. The molecule has 0 radical (unpaired) electrons. The number of rotatable bonds is 5. The van der Waals surface area contributed by atoms with Gasteiger partial charge in [-0.05, 0) is 50.6 Å². The lowest BCUT2D eigenvalue weighted by atomic mass is 9.72. The average Bonchev–Trinajstić information content (AvgIpc) is 3.12. The van der Waals surface area contributed by atoms with Crippen molar-refractivity contribution in [3.63, 3.8) is 0 Å². The fraction of sp³-hybridized carbons (Fsp3) is 0.762. The fourth-order valence-corrected chi connectivity index (χ4v) is 5.55. The van der Waals surface area contributed by atoms with Gasteiger partial charge in [-0.3, -0.25) is 19.2 Å². The molecule has 4 heterocycles. The highest BCUT2D eigenvalue weighted by Gasteiger charge is 2.46. The highest BCUT2D eigenvalue weighted by molar-refractivity contribution is 5.72. The first-order valence-electron chi connectivity index (χ1n) is 10.8. The predicted molar refractivity (Wildman–Crippen MR) is 111 cm³/mol. The second-order valence-electron chi connectivity index (χ2n) is 8.65. The van der Waals surface area contributed by atoms with Crippen molar-refractivity contribution in [1.29, 1.82) is 0 Å². The van der Waals surface area contributed by atoms with Crippen molar-refractivity contribution in [3.8, 4) is 0 Å². The van der Waals surface area contributed by atoms with Gasteiger partial charge in [0, 0.05) is 51.4 Å². The fourth-order valence-electron chi connectivity index (χ4n) is 5.55. The number of amides is 1. The highest BCUT2D eigenvalue weighted by Crippen LogP contribution is 2.40. The van der Waals surface area contributed by atoms with Gasteiger partial charge in [0.25, 0.3) is 6.47 Å². The maximum Gasteiger partial charge on any atom is 0.290 e. The lowest BCUT2D eigenvalue weighted by molar-refractivity contribution is -0.123. The SMILES string of the molecule is CC(=O)NC[C@H]1[C@H]2C[C@H](CN(CCn3ccc(C)n3)C2)[C@@H]2CCCCN21.O=CO. The van der Waals surface area contributed by atoms with Gasteiger partial charge in [-0.2, -0.15) is 5.10 Å². The number of hydrogen-bond donors (Lipinski definition) is 2. The molecule has 162 valence electrons. The summed E-state index contributed by atoms with van der Waals surface area (Å²) in [7, 11) is 0. The molecule has 1 aromatic rings. The van der Waals surface area contributed by atoms with E-state index in [2.05, 4.69) is 37.2 Å². The van der Waals surface area contributed by atoms with Crippen LogP contribution in [0.1, 0.15) is 38.3 Å². The monoisotopic (exact) mass is 405 g/mol. The van der Waals surface area contributed by atoms with Gasteiger partial charge in [-0.25, -0.2) is 0 Å². The van der Waals surface area contributed by atoms with Gasteiger partial charge in [-0.1, -0.05) is 6.42 Å². The molecule has 0 spiro atoms. The van der Waals surface area contributed by atoms with Crippen LogP contribution in [-0.2, 0) is 16.1 Å². The molecule has 4 atom stereocenters. The van der Waals surface area contributed by atoms with Crippen LogP contribution in [-0.4, -0.2) is 81.9 Å². The third-order valence-corrected chi connectivity index (χ3v) is 6.68. The lowest BCUT2D eigenvalue weighted by Crippen LogP contribution is -2.65. The topological polar surface area (TPSA) is 90.7 Å². The minimum absolute atomic E-state index is 0.0994. The zero-order valence-electron chi connectivity index (χ0n) is 17.7. The molecule has 1 aromatic heterocycles. The largest absolute Gasteiger partial charge is 0.483 e. The molecule has 0 aromatic carbocycles. The number of aromatic nitrogens is 2. The summed E-state index contributed by atoms with van der Waals surface area (Å²) in [6.45, 7) is 9.90. The molecule has 3 saturated heterocycles. The Hall–Kier alpha value is -1.93. The molecule has 2 N–H and O–H groups in total. The van der Waals surface area contributed by atoms with Crippen molar-refractivity contribution in [2.45, 2.75) is 58.2 Å². The Bertz CT molecular complexity index is 679. The van der Waals surface area contributed by atoms with Crippen LogP contribution in [0.3, 0.4) is 0 Å². The lowest BCUT2D eigenvalue weighted by Gasteiger charge is -2.57. The minimum atomic E-state index is -0.250.